The van der Waals surface area contributed by atoms with Gasteiger partial charge in [0, 0.05) is 11.8 Å². The second-order valence-corrected chi connectivity index (χ2v) is 2.81. The number of hydrogen-bond acceptors (Lipinski definition) is 1. The molecule has 0 saturated carbocycles. The maximum Gasteiger partial charge on any atom is 0.149 e. The van der Waals surface area contributed by atoms with Gasteiger partial charge in [-0.25, -0.2) is 8.78 Å². The average Bonchev–Trinajstić information content (AvgIpc) is 2.20. The van der Waals surface area contributed by atoms with Gasteiger partial charge in [0.1, 0.15) is 17.3 Å². The zero-order valence-corrected chi connectivity index (χ0v) is 7.24. The molecule has 0 radical (unpaired) electrons. The van der Waals surface area contributed by atoms with E-state index in [1.54, 1.807) is 12.1 Å². The first-order chi connectivity index (χ1) is 6.79. The normalized spacial score (nSPS) is 10.1. The summed E-state index contributed by atoms with van der Waals surface area (Å²) < 4.78 is 26.5. The SMILES string of the molecule is Fc1ccccc1-c1ncccc1F. The molecule has 0 unspecified atom stereocenters. The van der Waals surface area contributed by atoms with Gasteiger partial charge in [-0.2, -0.15) is 0 Å². The van der Waals surface area contributed by atoms with Crippen molar-refractivity contribution in [2.45, 2.75) is 0 Å². The van der Waals surface area contributed by atoms with Crippen LogP contribution in [0.3, 0.4) is 0 Å². The molecule has 0 aliphatic rings. The van der Waals surface area contributed by atoms with Gasteiger partial charge in [-0.1, -0.05) is 12.1 Å². The predicted octanol–water partition coefficient (Wildman–Crippen LogP) is 3.03. The van der Waals surface area contributed by atoms with E-state index in [0.29, 0.717) is 0 Å². The topological polar surface area (TPSA) is 12.9 Å². The molecular weight excluding hydrogens is 184 g/mol. The minimum atomic E-state index is -0.516. The third-order valence-electron chi connectivity index (χ3n) is 1.89. The van der Waals surface area contributed by atoms with Crippen molar-refractivity contribution in [2.75, 3.05) is 0 Å². The molecule has 0 aliphatic carbocycles. The van der Waals surface area contributed by atoms with Crippen molar-refractivity contribution in [2.24, 2.45) is 0 Å². The molecule has 0 bridgehead atoms. The lowest BCUT2D eigenvalue weighted by Crippen LogP contribution is -1.90. The summed E-state index contributed by atoms with van der Waals surface area (Å²) in [5, 5.41) is 0. The molecule has 2 aromatic rings. The third-order valence-corrected chi connectivity index (χ3v) is 1.89. The summed E-state index contributed by atoms with van der Waals surface area (Å²) in [5.41, 5.74) is 0.233. The van der Waals surface area contributed by atoms with Gasteiger partial charge in [-0.05, 0) is 24.3 Å². The highest BCUT2D eigenvalue weighted by molar-refractivity contribution is 5.60. The molecule has 1 heterocycles. The van der Waals surface area contributed by atoms with Crippen molar-refractivity contribution in [3.8, 4) is 11.3 Å². The van der Waals surface area contributed by atoms with Crippen LogP contribution in [0.2, 0.25) is 0 Å². The Kier molecular flexibility index (Phi) is 2.23. The zero-order chi connectivity index (χ0) is 9.97. The number of rotatable bonds is 1. The number of benzene rings is 1. The van der Waals surface area contributed by atoms with Crippen LogP contribution in [0.4, 0.5) is 8.78 Å². The third kappa shape index (κ3) is 1.48. The van der Waals surface area contributed by atoms with Gasteiger partial charge in [0.05, 0.1) is 0 Å². The lowest BCUT2D eigenvalue weighted by Gasteiger charge is -2.02. The van der Waals surface area contributed by atoms with Gasteiger partial charge < -0.3 is 0 Å². The second kappa shape index (κ2) is 3.54. The van der Waals surface area contributed by atoms with E-state index in [9.17, 15) is 8.78 Å². The standard InChI is InChI=1S/C11H7F2N/c12-9-5-2-1-4-8(9)11-10(13)6-3-7-14-11/h1-7H. The summed E-state index contributed by atoms with van der Waals surface area (Å²) in [4.78, 5) is 3.79. The van der Waals surface area contributed by atoms with Crippen molar-refractivity contribution >= 4 is 0 Å². The van der Waals surface area contributed by atoms with Crippen LogP contribution in [0.5, 0.6) is 0 Å². The van der Waals surface area contributed by atoms with Gasteiger partial charge in [-0.3, -0.25) is 4.98 Å². The summed E-state index contributed by atoms with van der Waals surface area (Å²) >= 11 is 0. The monoisotopic (exact) mass is 191 g/mol. The van der Waals surface area contributed by atoms with Crippen molar-refractivity contribution in [1.29, 1.82) is 0 Å². The van der Waals surface area contributed by atoms with Crippen molar-refractivity contribution in [1.82, 2.24) is 4.98 Å². The van der Waals surface area contributed by atoms with Crippen LogP contribution in [-0.4, -0.2) is 4.98 Å². The summed E-state index contributed by atoms with van der Waals surface area (Å²) in [6.07, 6.45) is 1.44. The maximum absolute atomic E-state index is 13.2. The van der Waals surface area contributed by atoms with E-state index in [1.807, 2.05) is 0 Å². The molecule has 0 atom stereocenters. The Morgan fingerprint density at radius 1 is 0.857 bits per heavy atom. The van der Waals surface area contributed by atoms with Crippen LogP contribution in [-0.2, 0) is 0 Å². The van der Waals surface area contributed by atoms with Gasteiger partial charge in [-0.15, -0.1) is 0 Å². The van der Waals surface area contributed by atoms with Gasteiger partial charge >= 0.3 is 0 Å². The average molecular weight is 191 g/mol. The fraction of sp³-hybridized carbons (Fsp3) is 0. The van der Waals surface area contributed by atoms with E-state index in [0.717, 1.165) is 0 Å². The lowest BCUT2D eigenvalue weighted by molar-refractivity contribution is 0.611. The Bertz CT molecular complexity index is 411. The predicted molar refractivity (Wildman–Crippen MR) is 49.6 cm³/mol. The first-order valence-corrected chi connectivity index (χ1v) is 4.14. The Morgan fingerprint density at radius 2 is 1.57 bits per heavy atom. The van der Waals surface area contributed by atoms with Crippen LogP contribution < -0.4 is 0 Å². The van der Waals surface area contributed by atoms with E-state index in [4.69, 9.17) is 0 Å². The first-order valence-electron chi connectivity index (χ1n) is 4.14. The zero-order valence-electron chi connectivity index (χ0n) is 7.24. The maximum atomic E-state index is 13.2. The molecule has 1 aromatic heterocycles. The summed E-state index contributed by atoms with van der Waals surface area (Å²) in [6, 6.07) is 8.71. The van der Waals surface area contributed by atoms with Crippen LogP contribution in [0.25, 0.3) is 11.3 Å². The molecule has 1 aromatic carbocycles. The summed E-state index contributed by atoms with van der Waals surface area (Å²) in [7, 11) is 0. The quantitative estimate of drug-likeness (QED) is 0.675. The summed E-state index contributed by atoms with van der Waals surface area (Å²) in [5.74, 6) is -0.984. The van der Waals surface area contributed by atoms with Crippen LogP contribution in [0.1, 0.15) is 0 Å². The largest absolute Gasteiger partial charge is 0.253 e. The molecule has 0 spiro atoms. The van der Waals surface area contributed by atoms with Gasteiger partial charge in [0.15, 0.2) is 0 Å². The number of nitrogens with zero attached hydrogens (tertiary/aromatic N) is 1. The molecule has 0 fully saturated rings. The Balaban J connectivity index is 2.61. The molecule has 14 heavy (non-hydrogen) atoms. The minimum absolute atomic E-state index is 0.0469. The molecule has 1 nitrogen and oxygen atoms in total. The molecular formula is C11H7F2N. The molecule has 70 valence electrons. The number of hydrogen-bond donors (Lipinski definition) is 0. The highest BCUT2D eigenvalue weighted by atomic mass is 19.1. The fourth-order valence-electron chi connectivity index (χ4n) is 1.24. The lowest BCUT2D eigenvalue weighted by atomic mass is 10.1. The van der Waals surface area contributed by atoms with Crippen molar-refractivity contribution in [3.05, 3.63) is 54.2 Å². The Hall–Kier alpha value is -1.77. The number of halogens is 2. The van der Waals surface area contributed by atoms with E-state index >= 15 is 0 Å². The van der Waals surface area contributed by atoms with Crippen molar-refractivity contribution in [3.63, 3.8) is 0 Å². The van der Waals surface area contributed by atoms with E-state index in [-0.39, 0.29) is 11.3 Å². The van der Waals surface area contributed by atoms with Gasteiger partial charge in [0.2, 0.25) is 0 Å². The molecule has 3 heteroatoms. The number of aromatic nitrogens is 1. The van der Waals surface area contributed by atoms with Crippen molar-refractivity contribution < 1.29 is 8.78 Å². The molecule has 0 N–H and O–H groups in total. The molecule has 0 aliphatic heterocycles. The van der Waals surface area contributed by atoms with Crippen LogP contribution >= 0.6 is 0 Å². The number of pyridine rings is 1. The van der Waals surface area contributed by atoms with Crippen LogP contribution in [0.15, 0.2) is 42.6 Å². The van der Waals surface area contributed by atoms with Crippen LogP contribution in [0, 0.1) is 11.6 Å². The van der Waals surface area contributed by atoms with E-state index in [2.05, 4.69) is 4.98 Å². The highest BCUT2D eigenvalue weighted by Crippen LogP contribution is 2.22. The smallest absolute Gasteiger partial charge is 0.149 e. The minimum Gasteiger partial charge on any atom is -0.253 e. The highest BCUT2D eigenvalue weighted by Gasteiger charge is 2.09. The Labute approximate surface area is 80.0 Å². The molecule has 0 saturated heterocycles. The van der Waals surface area contributed by atoms with E-state index < -0.39 is 11.6 Å². The Morgan fingerprint density at radius 3 is 2.29 bits per heavy atom. The first kappa shape index (κ1) is 8.81. The van der Waals surface area contributed by atoms with Gasteiger partial charge in [0.25, 0.3) is 0 Å². The summed E-state index contributed by atoms with van der Waals surface area (Å²) in [6.45, 7) is 0. The fourth-order valence-corrected chi connectivity index (χ4v) is 1.24. The van der Waals surface area contributed by atoms with E-state index in [1.165, 1.54) is 30.5 Å². The molecule has 0 amide bonds. The second-order valence-electron chi connectivity index (χ2n) is 2.81. The molecule has 2 rings (SSSR count).